The molecule has 0 spiro atoms. The van der Waals surface area contributed by atoms with E-state index in [4.69, 9.17) is 0 Å². The van der Waals surface area contributed by atoms with Gasteiger partial charge in [-0.1, -0.05) is 15.9 Å². The molecule has 18 heavy (non-hydrogen) atoms. The Morgan fingerprint density at radius 1 is 1.00 bits per heavy atom. The predicted molar refractivity (Wildman–Crippen MR) is 52.4 cm³/mol. The molecule has 0 aromatic heterocycles. The Morgan fingerprint density at radius 2 is 1.61 bits per heavy atom. The summed E-state index contributed by atoms with van der Waals surface area (Å²) in [7, 11) is 0. The Morgan fingerprint density at radius 3 is 2.11 bits per heavy atom. The van der Waals surface area contributed by atoms with Crippen LogP contribution >= 0.6 is 15.9 Å². The van der Waals surface area contributed by atoms with Crippen LogP contribution in [0.3, 0.4) is 0 Å². The number of hydrogen-bond donors (Lipinski definition) is 0. The molecule has 1 aromatic carbocycles. The molecule has 0 radical (unpaired) electrons. The molecule has 0 N–H and O–H groups in total. The van der Waals surface area contributed by atoms with E-state index in [1.165, 1.54) is 6.07 Å². The van der Waals surface area contributed by atoms with Gasteiger partial charge in [-0.2, -0.15) is 13.2 Å². The Hall–Kier alpha value is -1.12. The number of rotatable bonds is 3. The first-order valence-corrected chi connectivity index (χ1v) is 5.11. The van der Waals surface area contributed by atoms with Crippen molar-refractivity contribution in [3.8, 4) is 11.5 Å². The van der Waals surface area contributed by atoms with Gasteiger partial charge < -0.3 is 9.47 Å². The minimum absolute atomic E-state index is 0.209. The molecule has 0 saturated heterocycles. The summed E-state index contributed by atoms with van der Waals surface area (Å²) in [5, 5.41) is 0. The molecule has 0 aliphatic carbocycles. The van der Waals surface area contributed by atoms with E-state index in [2.05, 4.69) is 25.4 Å². The van der Waals surface area contributed by atoms with Gasteiger partial charge in [0.15, 0.2) is 18.1 Å². The highest BCUT2D eigenvalue weighted by Gasteiger charge is 2.34. The number of halogens is 7. The summed E-state index contributed by atoms with van der Waals surface area (Å²) in [6.07, 6.45) is -9.67. The van der Waals surface area contributed by atoms with Crippen molar-refractivity contribution in [1.29, 1.82) is 0 Å². The highest BCUT2D eigenvalue weighted by molar-refractivity contribution is 9.10. The van der Waals surface area contributed by atoms with Crippen molar-refractivity contribution in [2.24, 2.45) is 0 Å². The van der Waals surface area contributed by atoms with Gasteiger partial charge in [0, 0.05) is 4.47 Å². The van der Waals surface area contributed by atoms with Crippen LogP contribution in [-0.4, -0.2) is 19.1 Å². The van der Waals surface area contributed by atoms with Crippen LogP contribution in [-0.2, 0) is 0 Å². The number of hydrogen-bond acceptors (Lipinski definition) is 2. The van der Waals surface area contributed by atoms with Gasteiger partial charge in [-0.3, -0.25) is 0 Å². The fourth-order valence-electron chi connectivity index (χ4n) is 0.965. The maximum Gasteiger partial charge on any atom is 0.573 e. The Balaban J connectivity index is 2.90. The first-order valence-electron chi connectivity index (χ1n) is 4.32. The molecule has 0 fully saturated rings. The summed E-state index contributed by atoms with van der Waals surface area (Å²) in [6.45, 7) is -1.71. The third-order valence-electron chi connectivity index (χ3n) is 1.52. The van der Waals surface area contributed by atoms with Crippen LogP contribution < -0.4 is 9.47 Å². The molecule has 0 aliphatic rings. The van der Waals surface area contributed by atoms with Gasteiger partial charge in [0.05, 0.1) is 0 Å². The molecule has 0 heterocycles. The van der Waals surface area contributed by atoms with Crippen LogP contribution in [0, 0.1) is 0 Å². The van der Waals surface area contributed by atoms with Crippen molar-refractivity contribution in [2.45, 2.75) is 12.5 Å². The monoisotopic (exact) mass is 338 g/mol. The second-order valence-corrected chi connectivity index (χ2v) is 3.96. The second kappa shape index (κ2) is 5.25. The van der Waals surface area contributed by atoms with Gasteiger partial charge >= 0.3 is 12.5 Å². The van der Waals surface area contributed by atoms with Crippen LogP contribution in [0.2, 0.25) is 0 Å². The van der Waals surface area contributed by atoms with E-state index in [9.17, 15) is 26.3 Å². The average molecular weight is 339 g/mol. The van der Waals surface area contributed by atoms with E-state index in [1.807, 2.05) is 0 Å². The zero-order valence-electron chi connectivity index (χ0n) is 8.40. The summed E-state index contributed by atoms with van der Waals surface area (Å²) >= 11 is 2.87. The number of benzene rings is 1. The van der Waals surface area contributed by atoms with Gasteiger partial charge in [-0.25, -0.2) is 0 Å². The molecule has 0 saturated carbocycles. The Labute approximate surface area is 106 Å². The molecule has 0 aliphatic heterocycles. The van der Waals surface area contributed by atoms with Crippen LogP contribution in [0.1, 0.15) is 0 Å². The van der Waals surface area contributed by atoms with Crippen molar-refractivity contribution in [3.63, 3.8) is 0 Å². The third-order valence-corrected chi connectivity index (χ3v) is 2.02. The molecule has 0 unspecified atom stereocenters. The molecule has 9 heteroatoms. The SMILES string of the molecule is FC(F)(F)COc1ccc(Br)cc1OC(F)(F)F. The highest BCUT2D eigenvalue weighted by Crippen LogP contribution is 2.35. The standard InChI is InChI=1S/C9H5BrF6O2/c10-5-1-2-6(17-4-8(11,12)13)7(3-5)18-9(14,15)16/h1-3H,4H2. The quantitative estimate of drug-likeness (QED) is 0.765. The van der Waals surface area contributed by atoms with Gasteiger partial charge in [-0.15, -0.1) is 13.2 Å². The predicted octanol–water partition coefficient (Wildman–Crippen LogP) is 4.29. The number of ether oxygens (including phenoxy) is 2. The molecule has 102 valence electrons. The van der Waals surface area contributed by atoms with Gasteiger partial charge in [0.1, 0.15) is 0 Å². The van der Waals surface area contributed by atoms with E-state index in [0.29, 0.717) is 0 Å². The van der Waals surface area contributed by atoms with E-state index in [1.54, 1.807) is 0 Å². The minimum atomic E-state index is -5.02. The smallest absolute Gasteiger partial charge is 0.480 e. The lowest BCUT2D eigenvalue weighted by atomic mass is 10.3. The van der Waals surface area contributed by atoms with Crippen LogP contribution in [0.5, 0.6) is 11.5 Å². The van der Waals surface area contributed by atoms with Crippen molar-refractivity contribution in [3.05, 3.63) is 22.7 Å². The summed E-state index contributed by atoms with van der Waals surface area (Å²) < 4.78 is 79.7. The molecule has 1 aromatic rings. The summed E-state index contributed by atoms with van der Waals surface area (Å²) in [5.74, 6) is -1.49. The zero-order chi connectivity index (χ0) is 14.0. The fraction of sp³-hybridized carbons (Fsp3) is 0.333. The third kappa shape index (κ3) is 5.48. The maximum absolute atomic E-state index is 12.0. The normalized spacial score (nSPS) is 12.4. The second-order valence-electron chi connectivity index (χ2n) is 3.04. The van der Waals surface area contributed by atoms with Gasteiger partial charge in [-0.05, 0) is 18.2 Å². The molecule has 2 nitrogen and oxygen atoms in total. The largest absolute Gasteiger partial charge is 0.573 e. The lowest BCUT2D eigenvalue weighted by molar-refractivity contribution is -0.275. The Kier molecular flexibility index (Phi) is 4.36. The lowest BCUT2D eigenvalue weighted by Gasteiger charge is -2.15. The van der Waals surface area contributed by atoms with E-state index < -0.39 is 30.6 Å². The fourth-order valence-corrected chi connectivity index (χ4v) is 1.31. The van der Waals surface area contributed by atoms with Gasteiger partial charge in [0.2, 0.25) is 0 Å². The Bertz CT molecular complexity index is 414. The zero-order valence-corrected chi connectivity index (χ0v) is 9.99. The van der Waals surface area contributed by atoms with Crippen molar-refractivity contribution >= 4 is 15.9 Å². The highest BCUT2D eigenvalue weighted by atomic mass is 79.9. The van der Waals surface area contributed by atoms with Gasteiger partial charge in [0.25, 0.3) is 0 Å². The average Bonchev–Trinajstić information content (AvgIpc) is 2.12. The molecular formula is C9H5BrF6O2. The van der Waals surface area contributed by atoms with E-state index in [-0.39, 0.29) is 4.47 Å². The van der Waals surface area contributed by atoms with E-state index >= 15 is 0 Å². The summed E-state index contributed by atoms with van der Waals surface area (Å²) in [4.78, 5) is 0. The van der Waals surface area contributed by atoms with Crippen molar-refractivity contribution < 1.29 is 35.8 Å². The molecule has 0 amide bonds. The maximum atomic E-state index is 12.0. The molecule has 0 atom stereocenters. The first-order chi connectivity index (χ1) is 8.07. The van der Waals surface area contributed by atoms with Crippen LogP contribution in [0.4, 0.5) is 26.3 Å². The topological polar surface area (TPSA) is 18.5 Å². The minimum Gasteiger partial charge on any atom is -0.480 e. The molecule has 0 bridgehead atoms. The molecular weight excluding hydrogens is 334 g/mol. The van der Waals surface area contributed by atoms with Crippen LogP contribution in [0.25, 0.3) is 0 Å². The lowest BCUT2D eigenvalue weighted by Crippen LogP contribution is -2.21. The van der Waals surface area contributed by atoms with E-state index in [0.717, 1.165) is 12.1 Å². The molecule has 1 rings (SSSR count). The first kappa shape index (κ1) is 14.9. The van der Waals surface area contributed by atoms with Crippen molar-refractivity contribution in [2.75, 3.05) is 6.61 Å². The van der Waals surface area contributed by atoms with Crippen molar-refractivity contribution in [1.82, 2.24) is 0 Å². The number of alkyl halides is 6. The van der Waals surface area contributed by atoms with Crippen LogP contribution in [0.15, 0.2) is 22.7 Å². The summed E-state index contributed by atoms with van der Waals surface area (Å²) in [6, 6.07) is 3.03. The summed E-state index contributed by atoms with van der Waals surface area (Å²) in [5.41, 5.74) is 0.